The van der Waals surface area contributed by atoms with Crippen LogP contribution in [0, 0.1) is 0 Å². The molecule has 0 unspecified atom stereocenters. The number of anilines is 1. The number of amides is 1. The molecule has 0 fully saturated rings. The molecule has 3 aromatic rings. The zero-order chi connectivity index (χ0) is 20.4. The smallest absolute Gasteiger partial charge is 0.231 e. The molecular formula is C22H23ClN4O2. The molecule has 0 saturated carbocycles. The summed E-state index contributed by atoms with van der Waals surface area (Å²) < 4.78 is 7.11. The molecule has 0 bridgehead atoms. The minimum Gasteiger partial charge on any atom is -0.497 e. The Morgan fingerprint density at radius 1 is 1.17 bits per heavy atom. The summed E-state index contributed by atoms with van der Waals surface area (Å²) in [6, 6.07) is 15.3. The Balaban J connectivity index is 1.83. The fourth-order valence-corrected chi connectivity index (χ4v) is 4.19. The van der Waals surface area contributed by atoms with Gasteiger partial charge in [-0.3, -0.25) is 9.69 Å². The van der Waals surface area contributed by atoms with Crippen molar-refractivity contribution < 1.29 is 9.53 Å². The molecule has 2 aromatic carbocycles. The van der Waals surface area contributed by atoms with E-state index in [9.17, 15) is 4.79 Å². The number of hydrogen-bond acceptors (Lipinski definition) is 4. The van der Waals surface area contributed by atoms with Gasteiger partial charge >= 0.3 is 0 Å². The van der Waals surface area contributed by atoms with Gasteiger partial charge in [-0.05, 0) is 42.2 Å². The van der Waals surface area contributed by atoms with Gasteiger partial charge in [-0.25, -0.2) is 4.68 Å². The Hall–Kier alpha value is -2.86. The average molecular weight is 411 g/mol. The van der Waals surface area contributed by atoms with Crippen LogP contribution in [0.1, 0.15) is 49.4 Å². The van der Waals surface area contributed by atoms with Crippen molar-refractivity contribution in [2.45, 2.75) is 38.3 Å². The lowest BCUT2D eigenvalue weighted by Gasteiger charge is -2.39. The lowest BCUT2D eigenvalue weighted by Crippen LogP contribution is -2.42. The fourth-order valence-electron chi connectivity index (χ4n) is 3.93. The van der Waals surface area contributed by atoms with E-state index in [1.807, 2.05) is 60.1 Å². The van der Waals surface area contributed by atoms with E-state index in [0.717, 1.165) is 23.3 Å². The SMILES string of the molecule is CCCC(=O)N1c2ncnn2[C@H](c2ccccc2Cl)C[C@@H]1c1ccc(OC)cc1. The van der Waals surface area contributed by atoms with Crippen molar-refractivity contribution in [3.8, 4) is 5.75 Å². The van der Waals surface area contributed by atoms with E-state index in [-0.39, 0.29) is 18.0 Å². The number of benzene rings is 2. The van der Waals surface area contributed by atoms with Crippen molar-refractivity contribution in [2.75, 3.05) is 12.0 Å². The van der Waals surface area contributed by atoms with Crippen molar-refractivity contribution >= 4 is 23.5 Å². The molecule has 0 radical (unpaired) electrons. The maximum Gasteiger partial charge on any atom is 0.231 e. The quantitative estimate of drug-likeness (QED) is 0.605. The standard InChI is InChI=1S/C22H23ClN4O2/c1-3-6-21(28)26-19(15-9-11-16(29-2)12-10-15)13-20(27-22(26)24-14-25-27)17-7-4-5-8-18(17)23/h4-5,7-12,14,19-20H,3,6,13H2,1-2H3/t19-,20+/m1/s1. The van der Waals surface area contributed by atoms with E-state index in [0.29, 0.717) is 23.8 Å². The fraction of sp³-hybridized carbons (Fsp3) is 0.318. The monoisotopic (exact) mass is 410 g/mol. The summed E-state index contributed by atoms with van der Waals surface area (Å²) in [4.78, 5) is 19.3. The maximum absolute atomic E-state index is 13.1. The molecule has 150 valence electrons. The Morgan fingerprint density at radius 3 is 2.62 bits per heavy atom. The van der Waals surface area contributed by atoms with Gasteiger partial charge in [0.25, 0.3) is 0 Å². The van der Waals surface area contributed by atoms with Crippen LogP contribution in [-0.2, 0) is 4.79 Å². The second-order valence-electron chi connectivity index (χ2n) is 7.08. The van der Waals surface area contributed by atoms with Gasteiger partial charge in [-0.15, -0.1) is 0 Å². The zero-order valence-electron chi connectivity index (χ0n) is 16.5. The molecule has 1 aliphatic heterocycles. The largest absolute Gasteiger partial charge is 0.497 e. The van der Waals surface area contributed by atoms with Crippen molar-refractivity contribution in [3.05, 3.63) is 71.0 Å². The van der Waals surface area contributed by atoms with E-state index in [2.05, 4.69) is 10.1 Å². The molecule has 2 atom stereocenters. The predicted molar refractivity (Wildman–Crippen MR) is 112 cm³/mol. The highest BCUT2D eigenvalue weighted by Crippen LogP contribution is 2.43. The lowest BCUT2D eigenvalue weighted by atomic mass is 9.91. The molecule has 0 N–H and O–H groups in total. The van der Waals surface area contributed by atoms with Gasteiger partial charge in [-0.1, -0.05) is 48.9 Å². The van der Waals surface area contributed by atoms with E-state index in [1.165, 1.54) is 6.33 Å². The summed E-state index contributed by atoms with van der Waals surface area (Å²) in [6.45, 7) is 2.00. The number of nitrogens with zero attached hydrogens (tertiary/aromatic N) is 4. The number of methoxy groups -OCH3 is 1. The third-order valence-corrected chi connectivity index (χ3v) is 5.66. The predicted octanol–water partition coefficient (Wildman–Crippen LogP) is 4.81. The highest BCUT2D eigenvalue weighted by atomic mass is 35.5. The first-order chi connectivity index (χ1) is 14.1. The van der Waals surface area contributed by atoms with Crippen molar-refractivity contribution in [1.82, 2.24) is 14.8 Å². The molecule has 6 nitrogen and oxygen atoms in total. The summed E-state index contributed by atoms with van der Waals surface area (Å²) >= 11 is 6.51. The van der Waals surface area contributed by atoms with Crippen LogP contribution in [-0.4, -0.2) is 27.8 Å². The molecule has 0 spiro atoms. The Kier molecular flexibility index (Phi) is 5.53. The van der Waals surface area contributed by atoms with Gasteiger partial charge in [0.1, 0.15) is 12.1 Å². The second-order valence-corrected chi connectivity index (χ2v) is 7.49. The summed E-state index contributed by atoms with van der Waals surface area (Å²) in [5.74, 6) is 1.38. The molecule has 0 saturated heterocycles. The number of carbonyl (C=O) groups is 1. The highest BCUT2D eigenvalue weighted by Gasteiger charge is 2.39. The maximum atomic E-state index is 13.1. The van der Waals surface area contributed by atoms with Gasteiger partial charge in [0.2, 0.25) is 11.9 Å². The highest BCUT2D eigenvalue weighted by molar-refractivity contribution is 6.31. The number of hydrogen-bond donors (Lipinski definition) is 0. The summed E-state index contributed by atoms with van der Waals surface area (Å²) in [5.41, 5.74) is 2.00. The van der Waals surface area contributed by atoms with Gasteiger partial charge < -0.3 is 4.74 Å². The van der Waals surface area contributed by atoms with Crippen LogP contribution in [0.4, 0.5) is 5.95 Å². The van der Waals surface area contributed by atoms with Crippen LogP contribution in [0.25, 0.3) is 0 Å². The Morgan fingerprint density at radius 2 is 1.93 bits per heavy atom. The van der Waals surface area contributed by atoms with Gasteiger partial charge in [0, 0.05) is 11.4 Å². The first-order valence-corrected chi connectivity index (χ1v) is 10.1. The molecule has 7 heteroatoms. The molecule has 1 amide bonds. The number of rotatable bonds is 5. The second kappa shape index (κ2) is 8.25. The number of aromatic nitrogens is 3. The van der Waals surface area contributed by atoms with Crippen LogP contribution in [0.3, 0.4) is 0 Å². The molecule has 0 aliphatic carbocycles. The van der Waals surface area contributed by atoms with Crippen LogP contribution < -0.4 is 9.64 Å². The molecule has 29 heavy (non-hydrogen) atoms. The van der Waals surface area contributed by atoms with Gasteiger partial charge in [0.15, 0.2) is 0 Å². The molecule has 4 rings (SSSR count). The summed E-state index contributed by atoms with van der Waals surface area (Å²) in [6.07, 6.45) is 3.38. The van der Waals surface area contributed by atoms with E-state index in [1.54, 1.807) is 12.0 Å². The van der Waals surface area contributed by atoms with Gasteiger partial charge in [-0.2, -0.15) is 10.1 Å². The first kappa shape index (κ1) is 19.5. The molecule has 1 aliphatic rings. The number of carbonyl (C=O) groups excluding carboxylic acids is 1. The minimum atomic E-state index is -0.169. The molecule has 2 heterocycles. The van der Waals surface area contributed by atoms with E-state index in [4.69, 9.17) is 16.3 Å². The molecular weight excluding hydrogens is 388 g/mol. The lowest BCUT2D eigenvalue weighted by molar-refractivity contribution is -0.119. The summed E-state index contributed by atoms with van der Waals surface area (Å²) in [7, 11) is 1.64. The van der Waals surface area contributed by atoms with E-state index < -0.39 is 0 Å². The summed E-state index contributed by atoms with van der Waals surface area (Å²) in [5, 5.41) is 5.12. The third kappa shape index (κ3) is 3.60. The van der Waals surface area contributed by atoms with Crippen molar-refractivity contribution in [1.29, 1.82) is 0 Å². The topological polar surface area (TPSA) is 60.2 Å². The van der Waals surface area contributed by atoms with Crippen LogP contribution in [0.5, 0.6) is 5.75 Å². The normalized spacial score (nSPS) is 18.4. The van der Waals surface area contributed by atoms with E-state index >= 15 is 0 Å². The first-order valence-electron chi connectivity index (χ1n) is 9.74. The van der Waals surface area contributed by atoms with Crippen LogP contribution >= 0.6 is 11.6 Å². The third-order valence-electron chi connectivity index (χ3n) is 5.32. The minimum absolute atomic E-state index is 0.0418. The molecule has 1 aromatic heterocycles. The van der Waals surface area contributed by atoms with Crippen molar-refractivity contribution in [2.24, 2.45) is 0 Å². The van der Waals surface area contributed by atoms with Crippen LogP contribution in [0.2, 0.25) is 5.02 Å². The Bertz CT molecular complexity index is 1000. The number of ether oxygens (including phenoxy) is 1. The van der Waals surface area contributed by atoms with Crippen molar-refractivity contribution in [3.63, 3.8) is 0 Å². The van der Waals surface area contributed by atoms with Crippen LogP contribution in [0.15, 0.2) is 54.9 Å². The number of halogens is 1. The van der Waals surface area contributed by atoms with Gasteiger partial charge in [0.05, 0.1) is 19.2 Å². The number of fused-ring (bicyclic) bond motifs is 1. The Labute approximate surface area is 175 Å². The average Bonchev–Trinajstić information content (AvgIpc) is 3.23. The zero-order valence-corrected chi connectivity index (χ0v) is 17.2.